The lowest BCUT2D eigenvalue weighted by atomic mass is 10.0. The van der Waals surface area contributed by atoms with Crippen LogP contribution in [0.25, 0.3) is 16.0 Å². The molecular formula is C17H16N2O3. The van der Waals surface area contributed by atoms with Gasteiger partial charge in [0, 0.05) is 23.9 Å². The van der Waals surface area contributed by atoms with E-state index >= 15 is 0 Å². The fourth-order valence-electron chi connectivity index (χ4n) is 2.64. The standard InChI is InChI=1S/C17H16N2O3/c1-5-13-15(18-3)14(16(17(21)22)19(13)4)12-8-6-11(7-9-12)10(2)20/h6-9H,5H2,1-2,4H3,(H,21,22). The van der Waals surface area contributed by atoms with E-state index in [2.05, 4.69) is 4.85 Å². The van der Waals surface area contributed by atoms with E-state index in [0.29, 0.717) is 34.5 Å². The fraction of sp³-hybridized carbons (Fsp3) is 0.235. The molecule has 0 saturated heterocycles. The number of carboxylic acids is 1. The highest BCUT2D eigenvalue weighted by molar-refractivity contribution is 6.01. The molecule has 0 aliphatic carbocycles. The Morgan fingerprint density at radius 1 is 1.27 bits per heavy atom. The Morgan fingerprint density at radius 3 is 2.27 bits per heavy atom. The maximum absolute atomic E-state index is 11.6. The van der Waals surface area contributed by atoms with E-state index in [0.717, 1.165) is 0 Å². The van der Waals surface area contributed by atoms with Gasteiger partial charge in [-0.2, -0.15) is 0 Å². The van der Waals surface area contributed by atoms with Gasteiger partial charge in [0.05, 0.1) is 6.57 Å². The summed E-state index contributed by atoms with van der Waals surface area (Å²) in [6, 6.07) is 6.67. The van der Waals surface area contributed by atoms with Gasteiger partial charge in [-0.1, -0.05) is 31.2 Å². The normalized spacial score (nSPS) is 10.3. The largest absolute Gasteiger partial charge is 0.477 e. The number of hydrogen-bond donors (Lipinski definition) is 1. The Morgan fingerprint density at radius 2 is 1.86 bits per heavy atom. The summed E-state index contributed by atoms with van der Waals surface area (Å²) in [4.78, 5) is 26.5. The van der Waals surface area contributed by atoms with E-state index in [9.17, 15) is 14.7 Å². The van der Waals surface area contributed by atoms with E-state index in [4.69, 9.17) is 6.57 Å². The molecule has 22 heavy (non-hydrogen) atoms. The van der Waals surface area contributed by atoms with Crippen LogP contribution in [0.2, 0.25) is 0 Å². The molecule has 0 bridgehead atoms. The highest BCUT2D eigenvalue weighted by atomic mass is 16.4. The molecule has 1 aromatic carbocycles. The topological polar surface area (TPSA) is 63.7 Å². The van der Waals surface area contributed by atoms with Crippen molar-refractivity contribution in [2.75, 3.05) is 0 Å². The number of carbonyl (C=O) groups is 2. The van der Waals surface area contributed by atoms with E-state index in [-0.39, 0.29) is 11.5 Å². The summed E-state index contributed by atoms with van der Waals surface area (Å²) in [6.45, 7) is 10.8. The Labute approximate surface area is 128 Å². The van der Waals surface area contributed by atoms with Crippen molar-refractivity contribution in [1.82, 2.24) is 4.57 Å². The molecule has 0 radical (unpaired) electrons. The number of nitrogens with zero attached hydrogens (tertiary/aromatic N) is 2. The number of hydrogen-bond acceptors (Lipinski definition) is 2. The smallest absolute Gasteiger partial charge is 0.351 e. The van der Waals surface area contributed by atoms with Gasteiger partial charge in [0.15, 0.2) is 5.78 Å². The van der Waals surface area contributed by atoms with E-state index in [1.54, 1.807) is 35.9 Å². The quantitative estimate of drug-likeness (QED) is 0.691. The average Bonchev–Trinajstić information content (AvgIpc) is 2.79. The summed E-state index contributed by atoms with van der Waals surface area (Å²) >= 11 is 0. The average molecular weight is 296 g/mol. The molecule has 0 aliphatic rings. The van der Waals surface area contributed by atoms with Crippen molar-refractivity contribution >= 4 is 17.4 Å². The van der Waals surface area contributed by atoms with Crippen LogP contribution in [0.15, 0.2) is 24.3 Å². The maximum atomic E-state index is 11.6. The molecule has 0 unspecified atom stereocenters. The minimum atomic E-state index is -1.07. The van der Waals surface area contributed by atoms with Crippen LogP contribution in [0.1, 0.15) is 40.4 Å². The van der Waals surface area contributed by atoms with Gasteiger partial charge in [0.2, 0.25) is 5.69 Å². The first-order valence-electron chi connectivity index (χ1n) is 6.86. The Bertz CT molecular complexity index is 793. The molecule has 2 rings (SSSR count). The van der Waals surface area contributed by atoms with Gasteiger partial charge in [0.1, 0.15) is 5.69 Å². The minimum absolute atomic E-state index is 0.0577. The zero-order chi connectivity index (χ0) is 16.4. The molecule has 1 heterocycles. The van der Waals surface area contributed by atoms with Crippen molar-refractivity contribution in [3.8, 4) is 11.1 Å². The second kappa shape index (κ2) is 5.86. The molecule has 5 nitrogen and oxygen atoms in total. The molecule has 0 fully saturated rings. The monoisotopic (exact) mass is 296 g/mol. The van der Waals surface area contributed by atoms with Crippen LogP contribution >= 0.6 is 0 Å². The van der Waals surface area contributed by atoms with E-state index in [1.807, 2.05) is 6.92 Å². The summed E-state index contributed by atoms with van der Waals surface area (Å²) < 4.78 is 1.56. The molecule has 1 aromatic heterocycles. The van der Waals surface area contributed by atoms with E-state index in [1.165, 1.54) is 6.92 Å². The number of Topliss-reactive ketones (excluding diaryl/α,β-unsaturated/α-hetero) is 1. The van der Waals surface area contributed by atoms with Crippen molar-refractivity contribution in [1.29, 1.82) is 0 Å². The van der Waals surface area contributed by atoms with Crippen LogP contribution in [-0.2, 0) is 13.5 Å². The lowest BCUT2D eigenvalue weighted by Gasteiger charge is -2.05. The van der Waals surface area contributed by atoms with Crippen molar-refractivity contribution in [2.24, 2.45) is 7.05 Å². The van der Waals surface area contributed by atoms with Gasteiger partial charge in [-0.25, -0.2) is 9.64 Å². The second-order valence-electron chi connectivity index (χ2n) is 4.98. The van der Waals surface area contributed by atoms with Gasteiger partial charge >= 0.3 is 5.97 Å². The lowest BCUT2D eigenvalue weighted by molar-refractivity contribution is 0.0687. The summed E-state index contributed by atoms with van der Waals surface area (Å²) in [5.74, 6) is -1.13. The van der Waals surface area contributed by atoms with Crippen LogP contribution in [0.5, 0.6) is 0 Å². The number of aromatic nitrogens is 1. The zero-order valence-electron chi connectivity index (χ0n) is 12.7. The third-order valence-corrected chi connectivity index (χ3v) is 3.72. The molecule has 0 saturated carbocycles. The first kappa shape index (κ1) is 15.5. The van der Waals surface area contributed by atoms with Crippen LogP contribution in [-0.4, -0.2) is 21.4 Å². The number of carbonyl (C=O) groups excluding carboxylic acids is 1. The third kappa shape index (κ3) is 2.40. The number of aromatic carboxylic acids is 1. The second-order valence-corrected chi connectivity index (χ2v) is 4.98. The highest BCUT2D eigenvalue weighted by Gasteiger charge is 2.25. The van der Waals surface area contributed by atoms with Gasteiger partial charge in [-0.15, -0.1) is 0 Å². The van der Waals surface area contributed by atoms with Gasteiger partial charge in [-0.3, -0.25) is 4.79 Å². The zero-order valence-corrected chi connectivity index (χ0v) is 12.7. The molecule has 0 spiro atoms. The number of benzene rings is 1. The molecule has 0 atom stereocenters. The molecule has 0 aliphatic heterocycles. The number of carboxylic acid groups (broad SMARTS) is 1. The molecule has 112 valence electrons. The van der Waals surface area contributed by atoms with Gasteiger partial charge in [0.25, 0.3) is 0 Å². The summed E-state index contributed by atoms with van der Waals surface area (Å²) in [6.07, 6.45) is 0.569. The first-order valence-corrected chi connectivity index (χ1v) is 6.86. The summed E-state index contributed by atoms with van der Waals surface area (Å²) in [5.41, 5.74) is 2.74. The van der Waals surface area contributed by atoms with Gasteiger partial charge < -0.3 is 9.67 Å². The molecule has 2 aromatic rings. The number of ketones is 1. The Hall–Kier alpha value is -2.87. The predicted octanol–water partition coefficient (Wildman–Crippen LogP) is 3.71. The lowest BCUT2D eigenvalue weighted by Crippen LogP contribution is -2.07. The van der Waals surface area contributed by atoms with Crippen LogP contribution in [0.3, 0.4) is 0 Å². The van der Waals surface area contributed by atoms with Crippen molar-refractivity contribution < 1.29 is 14.7 Å². The predicted molar refractivity (Wildman–Crippen MR) is 83.5 cm³/mol. The van der Waals surface area contributed by atoms with Crippen LogP contribution in [0.4, 0.5) is 5.69 Å². The van der Waals surface area contributed by atoms with Gasteiger partial charge in [-0.05, 0) is 18.9 Å². The fourth-order valence-corrected chi connectivity index (χ4v) is 2.64. The Balaban J connectivity index is 2.76. The maximum Gasteiger partial charge on any atom is 0.351 e. The molecule has 5 heteroatoms. The summed E-state index contributed by atoms with van der Waals surface area (Å²) in [5, 5.41) is 9.50. The van der Waals surface area contributed by atoms with E-state index < -0.39 is 5.97 Å². The van der Waals surface area contributed by atoms with Crippen LogP contribution in [0, 0.1) is 6.57 Å². The van der Waals surface area contributed by atoms with Crippen molar-refractivity contribution in [3.63, 3.8) is 0 Å². The number of rotatable bonds is 4. The molecule has 0 amide bonds. The first-order chi connectivity index (χ1) is 10.4. The highest BCUT2D eigenvalue weighted by Crippen LogP contribution is 2.39. The molecular weight excluding hydrogens is 280 g/mol. The minimum Gasteiger partial charge on any atom is -0.477 e. The SMILES string of the molecule is [C-]#[N+]c1c(-c2ccc(C(C)=O)cc2)c(C(=O)O)n(C)c1CC. The summed E-state index contributed by atoms with van der Waals surface area (Å²) in [7, 11) is 1.66. The van der Waals surface area contributed by atoms with Crippen molar-refractivity contribution in [3.05, 3.63) is 52.6 Å². The van der Waals surface area contributed by atoms with Crippen molar-refractivity contribution in [2.45, 2.75) is 20.3 Å². The third-order valence-electron chi connectivity index (χ3n) is 3.72. The Kier molecular flexibility index (Phi) is 4.13. The van der Waals surface area contributed by atoms with Crippen LogP contribution < -0.4 is 0 Å². The molecule has 1 N–H and O–H groups in total.